The van der Waals surface area contributed by atoms with Crippen LogP contribution in [0.1, 0.15) is 22.2 Å². The molecule has 1 unspecified atom stereocenters. The molecule has 0 saturated carbocycles. The molecule has 3 rings (SSSR count). The number of nitrogens with one attached hydrogen (secondary N) is 4. The van der Waals surface area contributed by atoms with Crippen molar-refractivity contribution in [2.24, 2.45) is 0 Å². The van der Waals surface area contributed by atoms with E-state index in [2.05, 4.69) is 21.2 Å². The Morgan fingerprint density at radius 2 is 1.92 bits per heavy atom. The summed E-state index contributed by atoms with van der Waals surface area (Å²) in [5, 5.41) is 5.38. The Kier molecular flexibility index (Phi) is 5.33. The van der Waals surface area contributed by atoms with E-state index in [1.165, 1.54) is 18.3 Å². The molecule has 2 aromatic heterocycles. The minimum absolute atomic E-state index is 0.296. The van der Waals surface area contributed by atoms with E-state index in [0.29, 0.717) is 11.3 Å². The third kappa shape index (κ3) is 4.09. The van der Waals surface area contributed by atoms with Crippen LogP contribution in [0.15, 0.2) is 48.0 Å². The number of hydrazine groups is 1. The van der Waals surface area contributed by atoms with Gasteiger partial charge >= 0.3 is 0 Å². The van der Waals surface area contributed by atoms with Crippen LogP contribution in [0, 0.1) is 0 Å². The smallest absolute Gasteiger partial charge is 0.279 e. The summed E-state index contributed by atoms with van der Waals surface area (Å²) < 4.78 is 0. The SMILES string of the molecule is CC(=O)NC(Cc1c[nH]c2ccccc12)C(=O)NNC(=O)c1cccs1. The second-order valence-electron chi connectivity index (χ2n) is 5.74. The van der Waals surface area contributed by atoms with Crippen LogP contribution in [0.2, 0.25) is 0 Å². The summed E-state index contributed by atoms with van der Waals surface area (Å²) in [6.45, 7) is 1.35. The van der Waals surface area contributed by atoms with Gasteiger partial charge in [0, 0.05) is 30.4 Å². The summed E-state index contributed by atoms with van der Waals surface area (Å²) in [7, 11) is 0. The molecule has 0 fully saturated rings. The molecule has 4 N–H and O–H groups in total. The lowest BCUT2D eigenvalue weighted by Gasteiger charge is -2.17. The van der Waals surface area contributed by atoms with Crippen molar-refractivity contribution < 1.29 is 14.4 Å². The van der Waals surface area contributed by atoms with E-state index < -0.39 is 17.9 Å². The fourth-order valence-corrected chi connectivity index (χ4v) is 3.27. The predicted molar refractivity (Wildman–Crippen MR) is 99.5 cm³/mol. The molecule has 0 aliphatic rings. The lowest BCUT2D eigenvalue weighted by Crippen LogP contribution is -2.52. The highest BCUT2D eigenvalue weighted by Crippen LogP contribution is 2.19. The summed E-state index contributed by atoms with van der Waals surface area (Å²) in [5.41, 5.74) is 6.60. The number of para-hydroxylation sites is 1. The van der Waals surface area contributed by atoms with Crippen molar-refractivity contribution in [1.82, 2.24) is 21.2 Å². The van der Waals surface area contributed by atoms with Gasteiger partial charge in [-0.15, -0.1) is 11.3 Å². The molecule has 3 aromatic rings. The van der Waals surface area contributed by atoms with Gasteiger partial charge < -0.3 is 10.3 Å². The average Bonchev–Trinajstić information content (AvgIpc) is 3.29. The fourth-order valence-electron chi connectivity index (χ4n) is 2.65. The van der Waals surface area contributed by atoms with Crippen LogP contribution >= 0.6 is 11.3 Å². The number of H-pyrrole nitrogens is 1. The highest BCUT2D eigenvalue weighted by molar-refractivity contribution is 7.12. The van der Waals surface area contributed by atoms with Crippen molar-refractivity contribution in [2.45, 2.75) is 19.4 Å². The van der Waals surface area contributed by atoms with E-state index in [4.69, 9.17) is 0 Å². The topological polar surface area (TPSA) is 103 Å². The third-order valence-electron chi connectivity index (χ3n) is 3.84. The first-order valence-corrected chi connectivity index (χ1v) is 8.88. The Hall–Kier alpha value is -3.13. The third-order valence-corrected chi connectivity index (χ3v) is 4.71. The van der Waals surface area contributed by atoms with Crippen LogP contribution in [0.25, 0.3) is 10.9 Å². The first-order valence-electron chi connectivity index (χ1n) is 8.00. The van der Waals surface area contributed by atoms with Gasteiger partial charge in [0.15, 0.2) is 0 Å². The Bertz CT molecular complexity index is 933. The van der Waals surface area contributed by atoms with E-state index in [9.17, 15) is 14.4 Å². The number of thiophene rings is 1. The molecule has 1 atom stereocenters. The maximum absolute atomic E-state index is 12.5. The summed E-state index contributed by atoms with van der Waals surface area (Å²) >= 11 is 1.27. The molecule has 0 saturated heterocycles. The number of carbonyl (C=O) groups is 3. The van der Waals surface area contributed by atoms with Crippen molar-refractivity contribution in [3.63, 3.8) is 0 Å². The highest BCUT2D eigenvalue weighted by atomic mass is 32.1. The van der Waals surface area contributed by atoms with Crippen molar-refractivity contribution >= 4 is 40.0 Å². The van der Waals surface area contributed by atoms with Crippen molar-refractivity contribution in [1.29, 1.82) is 0 Å². The molecule has 26 heavy (non-hydrogen) atoms. The number of hydrogen-bond donors (Lipinski definition) is 4. The summed E-state index contributed by atoms with van der Waals surface area (Å²) in [5.74, 6) is -1.22. The van der Waals surface area contributed by atoms with Crippen LogP contribution in [0.5, 0.6) is 0 Å². The number of amides is 3. The number of benzene rings is 1. The van der Waals surface area contributed by atoms with E-state index in [-0.39, 0.29) is 5.91 Å². The highest BCUT2D eigenvalue weighted by Gasteiger charge is 2.22. The van der Waals surface area contributed by atoms with E-state index in [1.807, 2.05) is 30.5 Å². The number of hydrogen-bond acceptors (Lipinski definition) is 4. The zero-order valence-corrected chi connectivity index (χ0v) is 14.9. The van der Waals surface area contributed by atoms with Gasteiger partial charge in [-0.05, 0) is 23.1 Å². The number of aromatic nitrogens is 1. The van der Waals surface area contributed by atoms with Crippen LogP contribution in [0.3, 0.4) is 0 Å². The maximum atomic E-state index is 12.5. The lowest BCUT2D eigenvalue weighted by molar-refractivity contribution is -0.128. The normalized spacial score (nSPS) is 11.7. The Morgan fingerprint density at radius 3 is 2.65 bits per heavy atom. The quantitative estimate of drug-likeness (QED) is 0.514. The molecule has 0 spiro atoms. The molecular weight excluding hydrogens is 352 g/mol. The first kappa shape index (κ1) is 17.7. The number of aromatic amines is 1. The van der Waals surface area contributed by atoms with Crippen molar-refractivity contribution in [2.75, 3.05) is 0 Å². The van der Waals surface area contributed by atoms with Crippen LogP contribution in [-0.4, -0.2) is 28.7 Å². The van der Waals surface area contributed by atoms with Gasteiger partial charge in [0.25, 0.3) is 11.8 Å². The molecule has 134 valence electrons. The van der Waals surface area contributed by atoms with Gasteiger partial charge in [0.05, 0.1) is 4.88 Å². The van der Waals surface area contributed by atoms with Gasteiger partial charge in [0.1, 0.15) is 6.04 Å². The average molecular weight is 370 g/mol. The molecule has 0 aliphatic heterocycles. The number of carbonyl (C=O) groups excluding carboxylic acids is 3. The Balaban J connectivity index is 1.69. The number of fused-ring (bicyclic) bond motifs is 1. The first-order chi connectivity index (χ1) is 12.5. The minimum atomic E-state index is -0.810. The van der Waals surface area contributed by atoms with E-state index in [0.717, 1.165) is 16.5 Å². The predicted octanol–water partition coefficient (Wildman–Crippen LogP) is 1.74. The Labute approximate surface area is 153 Å². The van der Waals surface area contributed by atoms with E-state index >= 15 is 0 Å². The second-order valence-corrected chi connectivity index (χ2v) is 6.69. The van der Waals surface area contributed by atoms with Crippen molar-refractivity contribution in [3.05, 3.63) is 58.4 Å². The van der Waals surface area contributed by atoms with Gasteiger partial charge in [-0.1, -0.05) is 24.3 Å². The van der Waals surface area contributed by atoms with Gasteiger partial charge in [0.2, 0.25) is 5.91 Å². The van der Waals surface area contributed by atoms with E-state index in [1.54, 1.807) is 17.5 Å². The van der Waals surface area contributed by atoms with Crippen LogP contribution in [-0.2, 0) is 16.0 Å². The molecular formula is C18H18N4O3S. The van der Waals surface area contributed by atoms with Crippen LogP contribution in [0.4, 0.5) is 0 Å². The monoisotopic (exact) mass is 370 g/mol. The Morgan fingerprint density at radius 1 is 1.12 bits per heavy atom. The lowest BCUT2D eigenvalue weighted by atomic mass is 10.0. The minimum Gasteiger partial charge on any atom is -0.361 e. The summed E-state index contributed by atoms with van der Waals surface area (Å²) in [6.07, 6.45) is 2.11. The van der Waals surface area contributed by atoms with Gasteiger partial charge in [-0.25, -0.2) is 0 Å². The zero-order valence-electron chi connectivity index (χ0n) is 14.0. The zero-order chi connectivity index (χ0) is 18.5. The molecule has 0 aliphatic carbocycles. The van der Waals surface area contributed by atoms with Crippen molar-refractivity contribution in [3.8, 4) is 0 Å². The molecule has 3 amide bonds. The molecule has 7 nitrogen and oxygen atoms in total. The molecule has 0 radical (unpaired) electrons. The maximum Gasteiger partial charge on any atom is 0.279 e. The molecule has 0 bridgehead atoms. The van der Waals surface area contributed by atoms with Crippen LogP contribution < -0.4 is 16.2 Å². The summed E-state index contributed by atoms with van der Waals surface area (Å²) in [6, 6.07) is 10.3. The largest absolute Gasteiger partial charge is 0.361 e. The number of rotatable bonds is 5. The second kappa shape index (κ2) is 7.83. The van der Waals surface area contributed by atoms with Gasteiger partial charge in [-0.2, -0.15) is 0 Å². The fraction of sp³-hybridized carbons (Fsp3) is 0.167. The molecule has 2 heterocycles. The van der Waals surface area contributed by atoms with Gasteiger partial charge in [-0.3, -0.25) is 25.2 Å². The summed E-state index contributed by atoms with van der Waals surface area (Å²) in [4.78, 5) is 39.5. The standard InChI is InChI=1S/C18H18N4O3S/c1-11(23)20-15(9-12-10-19-14-6-3-2-5-13(12)14)17(24)21-22-18(25)16-7-4-8-26-16/h2-8,10,15,19H,9H2,1H3,(H,20,23)(H,21,24)(H,22,25). The molecule has 8 heteroatoms. The molecule has 1 aromatic carbocycles.